The Hall–Kier alpha value is -3.44. The summed E-state index contributed by atoms with van der Waals surface area (Å²) in [5, 5.41) is 7.32. The van der Waals surface area contributed by atoms with Crippen molar-refractivity contribution < 1.29 is 9.59 Å². The first-order valence-electron chi connectivity index (χ1n) is 9.84. The zero-order valence-corrected chi connectivity index (χ0v) is 18.4. The van der Waals surface area contributed by atoms with Gasteiger partial charge >= 0.3 is 0 Å². The van der Waals surface area contributed by atoms with Gasteiger partial charge < -0.3 is 5.32 Å². The van der Waals surface area contributed by atoms with E-state index in [1.165, 1.54) is 6.21 Å². The third kappa shape index (κ3) is 6.03. The molecule has 0 aliphatic heterocycles. The van der Waals surface area contributed by atoms with E-state index in [1.54, 1.807) is 36.4 Å². The van der Waals surface area contributed by atoms with Gasteiger partial charge in [0.1, 0.15) is 0 Å². The minimum atomic E-state index is -0.362. The molecule has 158 valence electrons. The highest BCUT2D eigenvalue weighted by atomic mass is 35.5. The summed E-state index contributed by atoms with van der Waals surface area (Å²) in [7, 11) is 0. The van der Waals surface area contributed by atoms with Crippen molar-refractivity contribution in [2.45, 2.75) is 26.2 Å². The maximum atomic E-state index is 12.5. The predicted molar refractivity (Wildman–Crippen MR) is 126 cm³/mol. The van der Waals surface area contributed by atoms with E-state index in [2.05, 4.69) is 36.6 Å². The molecular weight excluding hydrogens is 410 g/mol. The molecule has 0 aliphatic rings. The van der Waals surface area contributed by atoms with E-state index in [0.29, 0.717) is 27.4 Å². The Kier molecular flexibility index (Phi) is 6.88. The number of amides is 2. The third-order valence-electron chi connectivity index (χ3n) is 4.69. The van der Waals surface area contributed by atoms with Gasteiger partial charge in [0, 0.05) is 27.4 Å². The van der Waals surface area contributed by atoms with Crippen molar-refractivity contribution in [3.8, 4) is 0 Å². The molecule has 0 spiro atoms. The van der Waals surface area contributed by atoms with E-state index in [1.807, 2.05) is 36.4 Å². The highest BCUT2D eigenvalue weighted by Crippen LogP contribution is 2.22. The first kappa shape index (κ1) is 22.2. The van der Waals surface area contributed by atoms with Gasteiger partial charge in [-0.1, -0.05) is 62.7 Å². The molecule has 3 aromatic carbocycles. The molecule has 0 atom stereocenters. The van der Waals surface area contributed by atoms with Gasteiger partial charge in [0.05, 0.1) is 6.21 Å². The second-order valence-electron chi connectivity index (χ2n) is 8.08. The lowest BCUT2D eigenvalue weighted by atomic mass is 9.87. The summed E-state index contributed by atoms with van der Waals surface area (Å²) in [6.07, 6.45) is 1.49. The first-order valence-corrected chi connectivity index (χ1v) is 10.2. The molecule has 0 unspecified atom stereocenters. The fourth-order valence-corrected chi connectivity index (χ4v) is 3.02. The molecular formula is C25H24ClN3O2. The van der Waals surface area contributed by atoms with Gasteiger partial charge in [-0.05, 0) is 53.4 Å². The molecule has 31 heavy (non-hydrogen) atoms. The summed E-state index contributed by atoms with van der Waals surface area (Å²) >= 11 is 6.05. The summed E-state index contributed by atoms with van der Waals surface area (Å²) in [6.45, 7) is 6.38. The number of halogens is 1. The lowest BCUT2D eigenvalue weighted by Gasteiger charge is -2.19. The van der Waals surface area contributed by atoms with Crippen LogP contribution in [0.15, 0.2) is 77.9 Å². The molecule has 2 N–H and O–H groups in total. The van der Waals surface area contributed by atoms with Crippen LogP contribution in [-0.4, -0.2) is 18.0 Å². The summed E-state index contributed by atoms with van der Waals surface area (Å²) in [5.74, 6) is -0.569. The number of benzene rings is 3. The second kappa shape index (κ2) is 9.58. The number of hydrogen-bond donors (Lipinski definition) is 2. The Labute approximate surface area is 187 Å². The monoisotopic (exact) mass is 433 g/mol. The molecule has 3 aromatic rings. The van der Waals surface area contributed by atoms with Crippen LogP contribution in [-0.2, 0) is 5.41 Å². The number of carbonyl (C=O) groups excluding carboxylic acids is 2. The lowest BCUT2D eigenvalue weighted by Crippen LogP contribution is -2.18. The summed E-state index contributed by atoms with van der Waals surface area (Å²) < 4.78 is 0. The second-order valence-corrected chi connectivity index (χ2v) is 8.49. The SMILES string of the molecule is CC(C)(C)c1ccc(C(=O)Nc2ccc(C(=O)NN=Cc3ccccc3Cl)cc2)cc1. The van der Waals surface area contributed by atoms with E-state index in [0.717, 1.165) is 5.56 Å². The molecule has 0 aromatic heterocycles. The van der Waals surface area contributed by atoms with Crippen LogP contribution in [0.1, 0.15) is 52.6 Å². The minimum absolute atomic E-state index is 0.0306. The number of anilines is 1. The number of hydrazone groups is 1. The van der Waals surface area contributed by atoms with Crippen LogP contribution in [0.2, 0.25) is 5.02 Å². The molecule has 0 saturated carbocycles. The van der Waals surface area contributed by atoms with E-state index in [-0.39, 0.29) is 17.2 Å². The van der Waals surface area contributed by atoms with Gasteiger partial charge in [-0.2, -0.15) is 5.10 Å². The Morgan fingerprint density at radius 1 is 0.839 bits per heavy atom. The molecule has 3 rings (SSSR count). The van der Waals surface area contributed by atoms with Crippen LogP contribution in [0.4, 0.5) is 5.69 Å². The fraction of sp³-hybridized carbons (Fsp3) is 0.160. The molecule has 6 heteroatoms. The van der Waals surface area contributed by atoms with Crippen molar-refractivity contribution in [2.75, 3.05) is 5.32 Å². The Bertz CT molecular complexity index is 1100. The van der Waals surface area contributed by atoms with Crippen molar-refractivity contribution in [3.05, 3.63) is 100 Å². The van der Waals surface area contributed by atoms with Crippen molar-refractivity contribution in [2.24, 2.45) is 5.10 Å². The summed E-state index contributed by atoms with van der Waals surface area (Å²) in [6, 6.07) is 21.4. The number of hydrogen-bond acceptors (Lipinski definition) is 3. The zero-order valence-electron chi connectivity index (χ0n) is 17.6. The maximum Gasteiger partial charge on any atom is 0.271 e. The lowest BCUT2D eigenvalue weighted by molar-refractivity contribution is 0.0954. The molecule has 0 fully saturated rings. The van der Waals surface area contributed by atoms with Crippen LogP contribution in [0.5, 0.6) is 0 Å². The average molecular weight is 434 g/mol. The van der Waals surface area contributed by atoms with Gasteiger partial charge in [0.15, 0.2) is 0 Å². The minimum Gasteiger partial charge on any atom is -0.322 e. The first-order chi connectivity index (χ1) is 14.7. The van der Waals surface area contributed by atoms with Gasteiger partial charge in [0.25, 0.3) is 11.8 Å². The van der Waals surface area contributed by atoms with E-state index < -0.39 is 0 Å². The van der Waals surface area contributed by atoms with Crippen LogP contribution in [0.3, 0.4) is 0 Å². The Morgan fingerprint density at radius 2 is 1.42 bits per heavy atom. The summed E-state index contributed by atoms with van der Waals surface area (Å²) in [5.41, 5.74) is 5.95. The number of rotatable bonds is 5. The number of nitrogens with zero attached hydrogens (tertiary/aromatic N) is 1. The van der Waals surface area contributed by atoms with Crippen molar-refractivity contribution in [1.82, 2.24) is 5.43 Å². The average Bonchev–Trinajstić information content (AvgIpc) is 2.75. The van der Waals surface area contributed by atoms with Crippen molar-refractivity contribution in [1.29, 1.82) is 0 Å². The topological polar surface area (TPSA) is 70.6 Å². The summed E-state index contributed by atoms with van der Waals surface area (Å²) in [4.78, 5) is 24.7. The van der Waals surface area contributed by atoms with E-state index >= 15 is 0 Å². The highest BCUT2D eigenvalue weighted by molar-refractivity contribution is 6.33. The predicted octanol–water partition coefficient (Wildman–Crippen LogP) is 5.65. The molecule has 0 heterocycles. The largest absolute Gasteiger partial charge is 0.322 e. The molecule has 0 aliphatic carbocycles. The highest BCUT2D eigenvalue weighted by Gasteiger charge is 2.14. The number of carbonyl (C=O) groups is 2. The molecule has 0 saturated heterocycles. The van der Waals surface area contributed by atoms with Gasteiger partial charge in [-0.3, -0.25) is 9.59 Å². The third-order valence-corrected chi connectivity index (χ3v) is 5.04. The van der Waals surface area contributed by atoms with Crippen LogP contribution >= 0.6 is 11.6 Å². The standard InChI is InChI=1S/C25H24ClN3O2/c1-25(2,3)20-12-8-17(9-13-20)23(30)28-21-14-10-18(11-15-21)24(31)29-27-16-19-6-4-5-7-22(19)26/h4-16H,1-3H3,(H,28,30)(H,29,31). The Morgan fingerprint density at radius 3 is 2.03 bits per heavy atom. The molecule has 2 amide bonds. The molecule has 0 radical (unpaired) electrons. The fourth-order valence-electron chi connectivity index (χ4n) is 2.83. The van der Waals surface area contributed by atoms with E-state index in [4.69, 9.17) is 11.6 Å². The van der Waals surface area contributed by atoms with Gasteiger partial charge in [-0.25, -0.2) is 5.43 Å². The zero-order chi connectivity index (χ0) is 22.4. The quantitative estimate of drug-likeness (QED) is 0.403. The van der Waals surface area contributed by atoms with Crippen LogP contribution in [0, 0.1) is 0 Å². The van der Waals surface area contributed by atoms with Crippen LogP contribution in [0.25, 0.3) is 0 Å². The van der Waals surface area contributed by atoms with Gasteiger partial charge in [0.2, 0.25) is 0 Å². The van der Waals surface area contributed by atoms with Gasteiger partial charge in [-0.15, -0.1) is 0 Å². The van der Waals surface area contributed by atoms with E-state index in [9.17, 15) is 9.59 Å². The van der Waals surface area contributed by atoms with Crippen LogP contribution < -0.4 is 10.7 Å². The normalized spacial score (nSPS) is 11.4. The smallest absolute Gasteiger partial charge is 0.271 e. The molecule has 0 bridgehead atoms. The maximum absolute atomic E-state index is 12.5. The Balaban J connectivity index is 1.58. The number of nitrogens with one attached hydrogen (secondary N) is 2. The van der Waals surface area contributed by atoms with Crippen molar-refractivity contribution >= 4 is 35.3 Å². The van der Waals surface area contributed by atoms with Crippen molar-refractivity contribution in [3.63, 3.8) is 0 Å². The molecule has 5 nitrogen and oxygen atoms in total.